The van der Waals surface area contributed by atoms with Crippen LogP contribution in [0.4, 0.5) is 26.3 Å². The van der Waals surface area contributed by atoms with Gasteiger partial charge in [-0.2, -0.15) is 17.6 Å². The van der Waals surface area contributed by atoms with Crippen molar-refractivity contribution in [1.29, 1.82) is 0 Å². The largest absolute Gasteiger partial charge is 0.492 e. The van der Waals surface area contributed by atoms with Gasteiger partial charge in [-0.3, -0.25) is 4.68 Å². The molecule has 1 saturated heterocycles. The van der Waals surface area contributed by atoms with Gasteiger partial charge in [0.15, 0.2) is 0 Å². The van der Waals surface area contributed by atoms with Crippen LogP contribution in [0.1, 0.15) is 70.4 Å². The van der Waals surface area contributed by atoms with Crippen LogP contribution in [0.3, 0.4) is 0 Å². The smallest absolute Gasteiger partial charge is 0.418 e. The number of aromatic nitrogens is 2. The molecule has 1 aromatic carbocycles. The molecule has 12 heteroatoms. The van der Waals surface area contributed by atoms with Crippen LogP contribution < -0.4 is 10.1 Å². The second-order valence-corrected chi connectivity index (χ2v) is 12.6. The van der Waals surface area contributed by atoms with E-state index < -0.39 is 63.7 Å². The van der Waals surface area contributed by atoms with Crippen LogP contribution in [0.5, 0.6) is 5.75 Å². The number of hydrogen-bond donors (Lipinski definition) is 3. The number of halogens is 6. The van der Waals surface area contributed by atoms with Crippen LogP contribution in [0, 0.1) is 16.8 Å². The third-order valence-electron chi connectivity index (χ3n) is 9.45. The predicted octanol–water partition coefficient (Wildman–Crippen LogP) is 4.97. The zero-order valence-corrected chi connectivity index (χ0v) is 21.1. The molecule has 7 rings (SSSR count). The number of rotatable bonds is 6. The van der Waals surface area contributed by atoms with Gasteiger partial charge < -0.3 is 20.3 Å². The molecule has 6 nitrogen and oxygen atoms in total. The van der Waals surface area contributed by atoms with E-state index >= 15 is 0 Å². The molecule has 210 valence electrons. The topological polar surface area (TPSA) is 79.5 Å². The number of hydrogen-bond acceptors (Lipinski definition) is 5. The zero-order valence-electron chi connectivity index (χ0n) is 21.1. The zero-order chi connectivity index (χ0) is 27.5. The Morgan fingerprint density at radius 3 is 2.37 bits per heavy atom. The van der Waals surface area contributed by atoms with Gasteiger partial charge in [-0.25, -0.2) is 8.78 Å². The first-order valence-electron chi connectivity index (χ1n) is 13.0. The minimum absolute atomic E-state index is 0.0905. The summed E-state index contributed by atoms with van der Waals surface area (Å²) in [4.78, 5) is 0. The Balaban J connectivity index is 1.22. The van der Waals surface area contributed by atoms with Crippen molar-refractivity contribution in [2.24, 2.45) is 10.8 Å². The summed E-state index contributed by atoms with van der Waals surface area (Å²) in [5.74, 6) is -1.24. The van der Waals surface area contributed by atoms with Gasteiger partial charge in [0.2, 0.25) is 12.4 Å². The number of nitrogens with one attached hydrogen (secondary N) is 1. The third-order valence-corrected chi connectivity index (χ3v) is 9.45. The first-order chi connectivity index (χ1) is 17.6. The highest BCUT2D eigenvalue weighted by atomic mass is 19.4. The van der Waals surface area contributed by atoms with E-state index in [4.69, 9.17) is 4.74 Å². The Labute approximate surface area is 215 Å². The van der Waals surface area contributed by atoms with E-state index in [1.165, 1.54) is 6.07 Å². The lowest BCUT2D eigenvalue weighted by molar-refractivity contribution is -0.341. The first-order valence-corrected chi connectivity index (χ1v) is 13.0. The normalized spacial score (nSPS) is 40.6. The number of ether oxygens (including phenoxy) is 1. The predicted molar refractivity (Wildman–Crippen MR) is 124 cm³/mol. The Morgan fingerprint density at radius 1 is 1.13 bits per heavy atom. The van der Waals surface area contributed by atoms with Crippen LogP contribution in [0.25, 0.3) is 10.9 Å². The Hall–Kier alpha value is -2.05. The highest BCUT2D eigenvalue weighted by Gasteiger charge is 2.78. The van der Waals surface area contributed by atoms with E-state index in [0.29, 0.717) is 6.42 Å². The second-order valence-electron chi connectivity index (χ2n) is 12.6. The Bertz CT molecular complexity index is 1250. The molecule has 38 heavy (non-hydrogen) atoms. The Morgan fingerprint density at radius 2 is 1.79 bits per heavy atom. The summed E-state index contributed by atoms with van der Waals surface area (Å²) < 4.78 is 90.4. The van der Waals surface area contributed by atoms with Gasteiger partial charge in [-0.05, 0) is 70.9 Å². The maximum Gasteiger partial charge on any atom is 0.418 e. The van der Waals surface area contributed by atoms with Crippen molar-refractivity contribution in [1.82, 2.24) is 15.1 Å². The molecule has 3 atom stereocenters. The van der Waals surface area contributed by atoms with Crippen molar-refractivity contribution < 1.29 is 41.3 Å². The van der Waals surface area contributed by atoms with E-state index in [9.17, 15) is 36.6 Å². The molecule has 0 amide bonds. The standard InChI is InChI=1S/C26H31F6N3O3/c1-13-5-25(37,24-10-23(11-24,12-24)21(28)29)6-14(33-13)9-38-16-3-17-19(18(4-16)26(30,31)32)35(34-20(17)27)15-7-22(2,36)8-15/h3-4,13-15,21,33,36-37H,5-12H2,1-2H3. The van der Waals surface area contributed by atoms with Crippen molar-refractivity contribution in [2.45, 2.75) is 101 Å². The van der Waals surface area contributed by atoms with Gasteiger partial charge in [-0.1, -0.05) is 0 Å². The van der Waals surface area contributed by atoms with Crippen LogP contribution in [-0.2, 0) is 6.18 Å². The van der Waals surface area contributed by atoms with E-state index in [1.807, 2.05) is 6.92 Å². The molecule has 3 N–H and O–H groups in total. The van der Waals surface area contributed by atoms with Crippen LogP contribution in [0.15, 0.2) is 12.1 Å². The van der Waals surface area contributed by atoms with Gasteiger partial charge >= 0.3 is 6.18 Å². The lowest BCUT2D eigenvalue weighted by Crippen LogP contribution is -2.76. The number of nitrogens with zero attached hydrogens (tertiary/aromatic N) is 2. The summed E-state index contributed by atoms with van der Waals surface area (Å²) in [6, 6.07) is 0.865. The Kier molecular flexibility index (Phi) is 5.51. The molecule has 2 aromatic rings. The fraction of sp³-hybridized carbons (Fsp3) is 0.731. The minimum Gasteiger partial charge on any atom is -0.492 e. The van der Waals surface area contributed by atoms with Gasteiger partial charge in [0.25, 0.3) is 0 Å². The second kappa shape index (κ2) is 8.00. The summed E-state index contributed by atoms with van der Waals surface area (Å²) in [6.45, 7) is 3.34. The molecular weight excluding hydrogens is 516 g/mol. The maximum atomic E-state index is 14.8. The monoisotopic (exact) mass is 547 g/mol. The van der Waals surface area contributed by atoms with Gasteiger partial charge in [-0.15, -0.1) is 5.10 Å². The molecule has 5 fully saturated rings. The van der Waals surface area contributed by atoms with Gasteiger partial charge in [0, 0.05) is 22.9 Å². The molecule has 3 unspecified atom stereocenters. The summed E-state index contributed by atoms with van der Waals surface area (Å²) in [6.07, 6.45) is -5.45. The van der Waals surface area contributed by atoms with E-state index in [1.54, 1.807) is 6.92 Å². The van der Waals surface area contributed by atoms with Crippen molar-refractivity contribution >= 4 is 10.9 Å². The molecule has 2 bridgehead atoms. The van der Waals surface area contributed by atoms with Crippen molar-refractivity contribution in [3.63, 3.8) is 0 Å². The average Bonchev–Trinajstić information content (AvgIpc) is 3.02. The van der Waals surface area contributed by atoms with Crippen LogP contribution >= 0.6 is 0 Å². The molecule has 2 heterocycles. The maximum absolute atomic E-state index is 14.8. The summed E-state index contributed by atoms with van der Waals surface area (Å²) >= 11 is 0. The molecule has 5 aliphatic rings. The molecular formula is C26H31F6N3O3. The molecule has 4 saturated carbocycles. The minimum atomic E-state index is -4.81. The molecule has 1 aliphatic heterocycles. The molecule has 1 aromatic heterocycles. The fourth-order valence-electron chi connectivity index (χ4n) is 7.75. The fourth-order valence-corrected chi connectivity index (χ4v) is 7.75. The summed E-state index contributed by atoms with van der Waals surface area (Å²) in [5.41, 5.74) is -5.21. The van der Waals surface area contributed by atoms with E-state index in [2.05, 4.69) is 10.4 Å². The number of fused-ring (bicyclic) bond motifs is 1. The SMILES string of the molecule is CC1CC(O)(C23CC(C(F)F)(C2)C3)CC(COc2cc(C(F)(F)F)c3c(c2)c(F)nn3C2CC(C)(O)C2)N1. The quantitative estimate of drug-likeness (QED) is 0.446. The van der Waals surface area contributed by atoms with E-state index in [-0.39, 0.29) is 62.3 Å². The lowest BCUT2D eigenvalue weighted by Gasteiger charge is -2.76. The third kappa shape index (κ3) is 3.84. The van der Waals surface area contributed by atoms with E-state index in [0.717, 1.165) is 10.7 Å². The van der Waals surface area contributed by atoms with Crippen molar-refractivity contribution in [3.05, 3.63) is 23.6 Å². The lowest BCUT2D eigenvalue weighted by atomic mass is 9.30. The van der Waals surface area contributed by atoms with Crippen LogP contribution in [0.2, 0.25) is 0 Å². The van der Waals surface area contributed by atoms with Gasteiger partial charge in [0.1, 0.15) is 12.4 Å². The van der Waals surface area contributed by atoms with Crippen molar-refractivity contribution in [2.75, 3.05) is 6.61 Å². The highest BCUT2D eigenvalue weighted by Crippen LogP contribution is 2.80. The summed E-state index contributed by atoms with van der Waals surface area (Å²) in [5, 5.41) is 28.2. The average molecular weight is 548 g/mol. The molecule has 0 spiro atoms. The highest BCUT2D eigenvalue weighted by molar-refractivity contribution is 5.85. The molecule has 4 aliphatic carbocycles. The number of alkyl halides is 5. The summed E-state index contributed by atoms with van der Waals surface area (Å²) in [7, 11) is 0. The van der Waals surface area contributed by atoms with Crippen molar-refractivity contribution in [3.8, 4) is 5.75 Å². The molecule has 0 radical (unpaired) electrons. The van der Waals surface area contributed by atoms with Crippen LogP contribution in [-0.4, -0.2) is 56.3 Å². The number of piperidine rings is 1. The first kappa shape index (κ1) is 26.2. The number of benzene rings is 1. The number of aliphatic hydroxyl groups is 2. The van der Waals surface area contributed by atoms with Gasteiger partial charge in [0.05, 0.1) is 33.7 Å².